The molecule has 3 rings (SSSR count). The van der Waals surface area contributed by atoms with Crippen molar-refractivity contribution in [2.45, 2.75) is 60.7 Å². The normalized spacial score (nSPS) is 14.2. The molecule has 0 bridgehead atoms. The van der Waals surface area contributed by atoms with Gasteiger partial charge in [0.1, 0.15) is 5.82 Å². The molecule has 0 spiro atoms. The molecule has 1 aromatic carbocycles. The van der Waals surface area contributed by atoms with E-state index in [0.29, 0.717) is 5.95 Å². The molecule has 1 aromatic heterocycles. The molecule has 1 aliphatic heterocycles. The van der Waals surface area contributed by atoms with Gasteiger partial charge in [-0.1, -0.05) is 26.8 Å². The smallest absolute Gasteiger partial charge is 0.246 e. The van der Waals surface area contributed by atoms with Crippen LogP contribution in [0.1, 0.15) is 59.2 Å². The molecule has 1 aliphatic rings. The first-order valence-corrected chi connectivity index (χ1v) is 9.85. The van der Waals surface area contributed by atoms with Crippen molar-refractivity contribution in [3.05, 3.63) is 35.5 Å². The molecule has 2 heterocycles. The number of rotatable bonds is 5. The maximum atomic E-state index is 6.02. The fourth-order valence-corrected chi connectivity index (χ4v) is 2.98. The number of ether oxygens (including phenoxy) is 2. The predicted octanol–water partition coefficient (Wildman–Crippen LogP) is 5.92. The van der Waals surface area contributed by atoms with Crippen LogP contribution in [0.2, 0.25) is 0 Å². The molecule has 28 heavy (non-hydrogen) atoms. The van der Waals surface area contributed by atoms with Crippen LogP contribution in [0.25, 0.3) is 5.57 Å². The molecule has 0 fully saturated rings. The zero-order chi connectivity index (χ0) is 20.9. The molecule has 0 amide bonds. The fourth-order valence-electron chi connectivity index (χ4n) is 2.98. The number of aryl methyl sites for hydroxylation is 1. The van der Waals surface area contributed by atoms with Gasteiger partial charge in [0.15, 0.2) is 11.5 Å². The van der Waals surface area contributed by atoms with Crippen molar-refractivity contribution < 1.29 is 9.47 Å². The molecule has 152 valence electrons. The minimum atomic E-state index is -0.679. The van der Waals surface area contributed by atoms with Crippen LogP contribution in [0.5, 0.6) is 11.5 Å². The third-order valence-electron chi connectivity index (χ3n) is 4.06. The highest BCUT2D eigenvalue weighted by Crippen LogP contribution is 2.46. The number of fused-ring (bicyclic) bond motifs is 1. The Bertz CT molecular complexity index is 860. The number of nitrogens with one attached hydrogen (secondary N) is 2. The number of benzene rings is 1. The summed E-state index contributed by atoms with van der Waals surface area (Å²) in [6.45, 7) is 14.0. The summed E-state index contributed by atoms with van der Waals surface area (Å²) < 4.78 is 12.0. The van der Waals surface area contributed by atoms with E-state index in [1.165, 1.54) is 0 Å². The lowest BCUT2D eigenvalue weighted by Gasteiger charge is -2.16. The quantitative estimate of drug-likeness (QED) is 0.667. The van der Waals surface area contributed by atoms with E-state index in [1.54, 1.807) is 0 Å². The largest absolute Gasteiger partial charge is 0.449 e. The van der Waals surface area contributed by atoms with Crippen LogP contribution in [0, 0.1) is 6.92 Å². The van der Waals surface area contributed by atoms with Crippen LogP contribution in [-0.2, 0) is 0 Å². The van der Waals surface area contributed by atoms with Gasteiger partial charge in [0.05, 0.1) is 0 Å². The number of aromatic nitrogens is 2. The van der Waals surface area contributed by atoms with Crippen molar-refractivity contribution in [2.75, 3.05) is 17.7 Å². The van der Waals surface area contributed by atoms with Crippen molar-refractivity contribution in [3.63, 3.8) is 0 Å². The first-order chi connectivity index (χ1) is 13.3. The van der Waals surface area contributed by atoms with E-state index in [9.17, 15) is 0 Å². The maximum absolute atomic E-state index is 6.02. The molecule has 0 saturated carbocycles. The summed E-state index contributed by atoms with van der Waals surface area (Å²) in [4.78, 5) is 8.92. The number of hydrogen-bond acceptors (Lipinski definition) is 6. The average molecular weight is 385 g/mol. The lowest BCUT2D eigenvalue weighted by molar-refractivity contribution is -0.0432. The lowest BCUT2D eigenvalue weighted by Crippen LogP contribution is -2.29. The second-order valence-electron chi connectivity index (χ2n) is 6.84. The van der Waals surface area contributed by atoms with E-state index in [0.717, 1.165) is 46.3 Å². The SMILES string of the molecule is CC.CC/C=C(\C)c1cc(Nc2nc(C)cc(NC)n2)cc2c1OC(C)(C)O2. The van der Waals surface area contributed by atoms with Gasteiger partial charge >= 0.3 is 0 Å². The first kappa shape index (κ1) is 21.5. The van der Waals surface area contributed by atoms with Gasteiger partial charge < -0.3 is 20.1 Å². The zero-order valence-corrected chi connectivity index (χ0v) is 18.2. The average Bonchev–Trinajstić information content (AvgIpc) is 2.96. The Morgan fingerprint density at radius 1 is 1.14 bits per heavy atom. The van der Waals surface area contributed by atoms with Crippen molar-refractivity contribution in [2.24, 2.45) is 0 Å². The van der Waals surface area contributed by atoms with Gasteiger partial charge in [-0.05, 0) is 31.9 Å². The summed E-state index contributed by atoms with van der Waals surface area (Å²) in [6.07, 6.45) is 3.13. The predicted molar refractivity (Wildman–Crippen MR) is 117 cm³/mol. The Kier molecular flexibility index (Phi) is 6.89. The number of nitrogens with zero attached hydrogens (tertiary/aromatic N) is 2. The van der Waals surface area contributed by atoms with Crippen molar-refractivity contribution in [1.82, 2.24) is 9.97 Å². The Labute approximate surface area is 168 Å². The summed E-state index contributed by atoms with van der Waals surface area (Å²) in [5, 5.41) is 6.34. The third-order valence-corrected chi connectivity index (χ3v) is 4.06. The van der Waals surface area contributed by atoms with Gasteiger partial charge in [0, 0.05) is 50.0 Å². The van der Waals surface area contributed by atoms with Crippen LogP contribution in [0.3, 0.4) is 0 Å². The molecule has 0 aliphatic carbocycles. The van der Waals surface area contributed by atoms with Crippen molar-refractivity contribution in [3.8, 4) is 11.5 Å². The first-order valence-electron chi connectivity index (χ1n) is 9.85. The summed E-state index contributed by atoms with van der Waals surface area (Å²) >= 11 is 0. The minimum absolute atomic E-state index is 0.538. The molecule has 0 radical (unpaired) electrons. The minimum Gasteiger partial charge on any atom is -0.449 e. The summed E-state index contributed by atoms with van der Waals surface area (Å²) in [5.41, 5.74) is 3.90. The molecule has 2 N–H and O–H groups in total. The molecular weight excluding hydrogens is 352 g/mol. The summed E-state index contributed by atoms with van der Waals surface area (Å²) in [5.74, 6) is 2.13. The maximum Gasteiger partial charge on any atom is 0.246 e. The topological polar surface area (TPSA) is 68.3 Å². The molecular formula is C22H32N4O2. The number of allylic oxidation sites excluding steroid dienone is 2. The molecule has 0 saturated heterocycles. The molecule has 2 aromatic rings. The van der Waals surface area contributed by atoms with E-state index >= 15 is 0 Å². The van der Waals surface area contributed by atoms with Crippen LogP contribution in [-0.4, -0.2) is 22.8 Å². The van der Waals surface area contributed by atoms with Gasteiger partial charge in [-0.15, -0.1) is 0 Å². The summed E-state index contributed by atoms with van der Waals surface area (Å²) in [7, 11) is 1.84. The second-order valence-corrected chi connectivity index (χ2v) is 6.84. The van der Waals surface area contributed by atoms with Crippen LogP contribution < -0.4 is 20.1 Å². The van der Waals surface area contributed by atoms with Gasteiger partial charge in [0.25, 0.3) is 0 Å². The van der Waals surface area contributed by atoms with Crippen LogP contribution >= 0.6 is 0 Å². The zero-order valence-electron chi connectivity index (χ0n) is 18.2. The van der Waals surface area contributed by atoms with Gasteiger partial charge in [0.2, 0.25) is 11.7 Å². The van der Waals surface area contributed by atoms with Crippen molar-refractivity contribution >= 4 is 23.0 Å². The van der Waals surface area contributed by atoms with E-state index in [-0.39, 0.29) is 0 Å². The summed E-state index contributed by atoms with van der Waals surface area (Å²) in [6, 6.07) is 5.88. The van der Waals surface area contributed by atoms with Gasteiger partial charge in [-0.2, -0.15) is 4.98 Å². The number of anilines is 3. The molecule has 6 heteroatoms. The molecule has 0 atom stereocenters. The third kappa shape index (κ3) is 4.94. The Hall–Kier alpha value is -2.76. The number of hydrogen-bond donors (Lipinski definition) is 2. The Morgan fingerprint density at radius 3 is 2.50 bits per heavy atom. The van der Waals surface area contributed by atoms with Gasteiger partial charge in [-0.25, -0.2) is 4.98 Å². The van der Waals surface area contributed by atoms with Crippen molar-refractivity contribution in [1.29, 1.82) is 0 Å². The van der Waals surface area contributed by atoms with Crippen LogP contribution in [0.4, 0.5) is 17.5 Å². The van der Waals surface area contributed by atoms with Gasteiger partial charge in [-0.3, -0.25) is 0 Å². The molecule has 0 unspecified atom stereocenters. The second kappa shape index (κ2) is 8.95. The highest BCUT2D eigenvalue weighted by atomic mass is 16.7. The lowest BCUT2D eigenvalue weighted by atomic mass is 10.0. The molecule has 6 nitrogen and oxygen atoms in total. The highest BCUT2D eigenvalue weighted by Gasteiger charge is 2.34. The fraction of sp³-hybridized carbons (Fsp3) is 0.455. The Morgan fingerprint density at radius 2 is 1.86 bits per heavy atom. The van der Waals surface area contributed by atoms with E-state index in [4.69, 9.17) is 9.47 Å². The van der Waals surface area contributed by atoms with Crippen LogP contribution in [0.15, 0.2) is 24.3 Å². The van der Waals surface area contributed by atoms with E-state index < -0.39 is 5.79 Å². The van der Waals surface area contributed by atoms with E-state index in [1.807, 2.05) is 53.8 Å². The Balaban J connectivity index is 0.00000136. The highest BCUT2D eigenvalue weighted by molar-refractivity contribution is 5.77. The standard InChI is InChI=1S/C20H26N4O2.C2H6/c1-7-8-12(2)15-10-14(11-16-18(15)26-20(4,5)25-16)23-19-22-13(3)9-17(21-6)24-19;1-2/h8-11H,7H2,1-6H3,(H2,21,22,23,24);1-2H3/b12-8+;. The monoisotopic (exact) mass is 384 g/mol. The van der Waals surface area contributed by atoms with E-state index in [2.05, 4.69) is 46.6 Å².